The number of hydrogen-bond donors (Lipinski definition) is 1. The average molecular weight is 408 g/mol. The van der Waals surface area contributed by atoms with Gasteiger partial charge in [-0.15, -0.1) is 0 Å². The first kappa shape index (κ1) is 21.5. The van der Waals surface area contributed by atoms with E-state index in [2.05, 4.69) is 5.32 Å². The molecule has 0 heterocycles. The lowest BCUT2D eigenvalue weighted by Gasteiger charge is -2.20. The number of nitrogens with one attached hydrogen (secondary N) is 1. The number of rotatable bonds is 8. The quantitative estimate of drug-likeness (QED) is 0.721. The molecule has 0 aliphatic carbocycles. The second-order valence-electron chi connectivity index (χ2n) is 5.96. The first-order chi connectivity index (χ1) is 13.2. The summed E-state index contributed by atoms with van der Waals surface area (Å²) in [6.45, 7) is 1.44. The van der Waals surface area contributed by atoms with Gasteiger partial charge in [-0.1, -0.05) is 12.1 Å². The van der Waals surface area contributed by atoms with Crippen LogP contribution in [0.1, 0.15) is 12.5 Å². The molecule has 8 nitrogen and oxygen atoms in total. The zero-order chi connectivity index (χ0) is 20.9. The van der Waals surface area contributed by atoms with Crippen molar-refractivity contribution in [1.82, 2.24) is 4.31 Å². The summed E-state index contributed by atoms with van der Waals surface area (Å²) in [5.41, 5.74) is 1.06. The van der Waals surface area contributed by atoms with E-state index in [1.165, 1.54) is 57.8 Å². The van der Waals surface area contributed by atoms with Crippen LogP contribution in [-0.2, 0) is 21.4 Å². The van der Waals surface area contributed by atoms with Crippen LogP contribution in [0.4, 0.5) is 5.69 Å². The Morgan fingerprint density at radius 1 is 1.04 bits per heavy atom. The number of para-hydroxylation sites is 1. The molecule has 0 aliphatic heterocycles. The maximum absolute atomic E-state index is 13.0. The second kappa shape index (κ2) is 8.94. The highest BCUT2D eigenvalue weighted by Gasteiger charge is 2.24. The molecule has 2 aromatic carbocycles. The summed E-state index contributed by atoms with van der Waals surface area (Å²) in [7, 11) is 2.08. The normalized spacial score (nSPS) is 11.2. The molecule has 0 bridgehead atoms. The van der Waals surface area contributed by atoms with Crippen molar-refractivity contribution in [2.45, 2.75) is 18.4 Å². The molecule has 1 N–H and O–H groups in total. The number of carbonyl (C=O) groups is 1. The highest BCUT2D eigenvalue weighted by Crippen LogP contribution is 2.33. The van der Waals surface area contributed by atoms with Gasteiger partial charge in [0.25, 0.3) is 0 Å². The van der Waals surface area contributed by atoms with Gasteiger partial charge in [0.05, 0.1) is 31.9 Å². The minimum Gasteiger partial charge on any atom is -0.495 e. The molecule has 28 heavy (non-hydrogen) atoms. The molecule has 0 fully saturated rings. The summed E-state index contributed by atoms with van der Waals surface area (Å²) in [6, 6.07) is 9.56. The Morgan fingerprint density at radius 2 is 1.71 bits per heavy atom. The van der Waals surface area contributed by atoms with Crippen molar-refractivity contribution < 1.29 is 27.4 Å². The highest BCUT2D eigenvalue weighted by molar-refractivity contribution is 7.89. The Labute approximate surface area is 165 Å². The van der Waals surface area contributed by atoms with E-state index in [0.717, 1.165) is 0 Å². The van der Waals surface area contributed by atoms with E-state index < -0.39 is 10.0 Å². The molecule has 2 aromatic rings. The van der Waals surface area contributed by atoms with E-state index in [1.807, 2.05) is 0 Å². The molecule has 0 atom stereocenters. The zero-order valence-corrected chi connectivity index (χ0v) is 17.3. The predicted molar refractivity (Wildman–Crippen MR) is 105 cm³/mol. The maximum Gasteiger partial charge on any atom is 0.243 e. The molecule has 1 amide bonds. The molecule has 0 aliphatic rings. The first-order valence-corrected chi connectivity index (χ1v) is 9.80. The van der Waals surface area contributed by atoms with Gasteiger partial charge in [-0.25, -0.2) is 8.42 Å². The maximum atomic E-state index is 13.0. The topological polar surface area (TPSA) is 94.2 Å². The lowest BCUT2D eigenvalue weighted by atomic mass is 10.2. The first-order valence-electron chi connectivity index (χ1n) is 8.36. The number of hydrogen-bond acceptors (Lipinski definition) is 6. The molecule has 0 saturated heterocycles. The molecule has 2 rings (SSSR count). The number of ether oxygens (including phenoxy) is 3. The van der Waals surface area contributed by atoms with Gasteiger partial charge < -0.3 is 19.5 Å². The number of methoxy groups -OCH3 is 3. The van der Waals surface area contributed by atoms with Gasteiger partial charge in [0.15, 0.2) is 11.5 Å². The fraction of sp³-hybridized carbons (Fsp3) is 0.316. The smallest absolute Gasteiger partial charge is 0.243 e. The van der Waals surface area contributed by atoms with Gasteiger partial charge in [-0.2, -0.15) is 4.31 Å². The van der Waals surface area contributed by atoms with E-state index in [-0.39, 0.29) is 23.1 Å². The largest absolute Gasteiger partial charge is 0.495 e. The SMILES string of the molecule is COc1cc(S(=O)(=O)N(C)Cc2cccc(OC)c2OC)ccc1NC(C)=O. The van der Waals surface area contributed by atoms with Gasteiger partial charge in [-0.05, 0) is 18.2 Å². The van der Waals surface area contributed by atoms with E-state index in [0.29, 0.717) is 22.7 Å². The number of sulfonamides is 1. The lowest BCUT2D eigenvalue weighted by Crippen LogP contribution is -2.26. The minimum absolute atomic E-state index is 0.0443. The highest BCUT2D eigenvalue weighted by atomic mass is 32.2. The van der Waals surface area contributed by atoms with Crippen molar-refractivity contribution in [2.75, 3.05) is 33.7 Å². The summed E-state index contributed by atoms with van der Waals surface area (Å²) in [4.78, 5) is 11.3. The van der Waals surface area contributed by atoms with Gasteiger partial charge in [-0.3, -0.25) is 4.79 Å². The van der Waals surface area contributed by atoms with Gasteiger partial charge in [0.2, 0.25) is 15.9 Å². The molecule has 0 aromatic heterocycles. The summed E-state index contributed by atoms with van der Waals surface area (Å²) in [5.74, 6) is 0.970. The van der Waals surface area contributed by atoms with Crippen molar-refractivity contribution in [1.29, 1.82) is 0 Å². The van der Waals surface area contributed by atoms with E-state index in [9.17, 15) is 13.2 Å². The fourth-order valence-corrected chi connectivity index (χ4v) is 3.87. The van der Waals surface area contributed by atoms with Crippen LogP contribution in [0, 0.1) is 0 Å². The monoisotopic (exact) mass is 408 g/mol. The summed E-state index contributed by atoms with van der Waals surface area (Å²) < 4.78 is 43.1. The molecular formula is C19H24N2O6S. The van der Waals surface area contributed by atoms with E-state index in [4.69, 9.17) is 14.2 Å². The van der Waals surface area contributed by atoms with Crippen LogP contribution < -0.4 is 19.5 Å². The van der Waals surface area contributed by atoms with Crippen LogP contribution in [0.2, 0.25) is 0 Å². The molecule has 0 radical (unpaired) electrons. The average Bonchev–Trinajstić information content (AvgIpc) is 2.67. The summed E-state index contributed by atoms with van der Waals surface area (Å²) in [5, 5.41) is 2.60. The third-order valence-electron chi connectivity index (χ3n) is 4.07. The van der Waals surface area contributed by atoms with Crippen molar-refractivity contribution >= 4 is 21.6 Å². The number of amides is 1. The molecular weight excluding hydrogens is 384 g/mol. The standard InChI is InChI=1S/C19H24N2O6S/c1-13(22)20-16-10-9-15(11-18(16)26-4)28(23,24)21(2)12-14-7-6-8-17(25-3)19(14)27-5/h6-11H,12H2,1-5H3,(H,20,22). The lowest BCUT2D eigenvalue weighted by molar-refractivity contribution is -0.114. The minimum atomic E-state index is -3.82. The number of benzene rings is 2. The van der Waals surface area contributed by atoms with Crippen LogP contribution in [0.25, 0.3) is 0 Å². The van der Waals surface area contributed by atoms with Crippen molar-refractivity contribution in [3.8, 4) is 17.2 Å². The van der Waals surface area contributed by atoms with Crippen molar-refractivity contribution in [2.24, 2.45) is 0 Å². The molecule has 9 heteroatoms. The Balaban J connectivity index is 2.36. The number of nitrogens with zero attached hydrogens (tertiary/aromatic N) is 1. The van der Waals surface area contributed by atoms with Crippen LogP contribution in [0.15, 0.2) is 41.3 Å². The molecule has 0 spiro atoms. The molecule has 0 saturated carbocycles. The second-order valence-corrected chi connectivity index (χ2v) is 8.00. The van der Waals surface area contributed by atoms with Crippen LogP contribution in [0.5, 0.6) is 17.2 Å². The molecule has 0 unspecified atom stereocenters. The van der Waals surface area contributed by atoms with Gasteiger partial charge in [0, 0.05) is 32.1 Å². The zero-order valence-electron chi connectivity index (χ0n) is 16.5. The Bertz CT molecular complexity index is 959. The Hall–Kier alpha value is -2.78. The Morgan fingerprint density at radius 3 is 2.29 bits per heavy atom. The summed E-state index contributed by atoms with van der Waals surface area (Å²) >= 11 is 0. The number of anilines is 1. The van der Waals surface area contributed by atoms with Crippen molar-refractivity contribution in [3.63, 3.8) is 0 Å². The number of carbonyl (C=O) groups excluding carboxylic acids is 1. The molecule has 152 valence electrons. The van der Waals surface area contributed by atoms with Crippen LogP contribution in [0.3, 0.4) is 0 Å². The van der Waals surface area contributed by atoms with E-state index >= 15 is 0 Å². The third kappa shape index (κ3) is 4.55. The van der Waals surface area contributed by atoms with Crippen LogP contribution >= 0.6 is 0 Å². The van der Waals surface area contributed by atoms with Crippen molar-refractivity contribution in [3.05, 3.63) is 42.0 Å². The fourth-order valence-electron chi connectivity index (χ4n) is 2.71. The van der Waals surface area contributed by atoms with Gasteiger partial charge in [0.1, 0.15) is 5.75 Å². The summed E-state index contributed by atoms with van der Waals surface area (Å²) in [6.07, 6.45) is 0. The Kier molecular flexibility index (Phi) is 6.87. The van der Waals surface area contributed by atoms with Crippen LogP contribution in [-0.4, -0.2) is 47.0 Å². The van der Waals surface area contributed by atoms with E-state index in [1.54, 1.807) is 18.2 Å². The predicted octanol–water partition coefficient (Wildman–Crippen LogP) is 2.49. The third-order valence-corrected chi connectivity index (χ3v) is 5.87. The van der Waals surface area contributed by atoms with Gasteiger partial charge >= 0.3 is 0 Å².